The van der Waals surface area contributed by atoms with Crippen molar-refractivity contribution in [1.82, 2.24) is 0 Å². The number of halogens is 2. The van der Waals surface area contributed by atoms with Gasteiger partial charge < -0.3 is 0 Å². The number of benzene rings is 8. The van der Waals surface area contributed by atoms with Crippen molar-refractivity contribution in [3.8, 4) is 44.5 Å². The molecule has 0 radical (unpaired) electrons. The van der Waals surface area contributed by atoms with Gasteiger partial charge in [-0.1, -0.05) is 167 Å². The predicted octanol–water partition coefficient (Wildman–Crippen LogP) is 9.66. The molecule has 52 heavy (non-hydrogen) atoms. The van der Waals surface area contributed by atoms with E-state index in [0.717, 1.165) is 8.95 Å². The molecule has 0 saturated carbocycles. The van der Waals surface area contributed by atoms with Gasteiger partial charge in [0.2, 0.25) is 13.4 Å². The van der Waals surface area contributed by atoms with Gasteiger partial charge in [-0.2, -0.15) is 0 Å². The molecule has 0 nitrogen and oxygen atoms in total. The molecule has 8 aromatic rings. The summed E-state index contributed by atoms with van der Waals surface area (Å²) in [6, 6.07) is 38.3. The fourth-order valence-corrected chi connectivity index (χ4v) is 12.0. The maximum atomic E-state index is 3.98. The molecule has 4 aliphatic heterocycles. The largest absolute Gasteiger partial charge is 0.244 e. The Morgan fingerprint density at radius 3 is 1.13 bits per heavy atom. The molecule has 8 aromatic carbocycles. The van der Waals surface area contributed by atoms with Gasteiger partial charge in [0.15, 0.2) is 0 Å². The smallest absolute Gasteiger partial charge is 0.0664 e. The minimum absolute atomic E-state index is 0.0629. The van der Waals surface area contributed by atoms with E-state index in [4.69, 9.17) is 0 Å². The van der Waals surface area contributed by atoms with E-state index in [1.54, 1.807) is 0 Å². The molecular formula is C48H34B2Br2. The van der Waals surface area contributed by atoms with Crippen LogP contribution in [0.3, 0.4) is 0 Å². The summed E-state index contributed by atoms with van der Waals surface area (Å²) in [5.41, 5.74) is 22.5. The summed E-state index contributed by atoms with van der Waals surface area (Å²) in [6.45, 7) is 14.9. The molecule has 0 unspecified atom stereocenters. The number of hydrogen-bond acceptors (Lipinski definition) is 0. The van der Waals surface area contributed by atoms with E-state index in [9.17, 15) is 0 Å². The summed E-state index contributed by atoms with van der Waals surface area (Å²) >= 11 is 7.96. The summed E-state index contributed by atoms with van der Waals surface area (Å²) < 4.78 is 2.30. The van der Waals surface area contributed by atoms with Gasteiger partial charge in [-0.25, -0.2) is 0 Å². The monoisotopic (exact) mass is 790 g/mol. The van der Waals surface area contributed by atoms with Crippen LogP contribution in [0.25, 0.3) is 76.8 Å². The first-order valence-electron chi connectivity index (χ1n) is 18.6. The molecule has 0 aromatic heterocycles. The first-order valence-corrected chi connectivity index (χ1v) is 20.2. The van der Waals surface area contributed by atoms with E-state index in [0.29, 0.717) is 0 Å². The van der Waals surface area contributed by atoms with E-state index in [1.165, 1.54) is 121 Å². The Kier molecular flexibility index (Phi) is 5.55. The molecule has 0 spiro atoms. The van der Waals surface area contributed by atoms with E-state index >= 15 is 0 Å². The highest BCUT2D eigenvalue weighted by molar-refractivity contribution is 9.10. The normalized spacial score (nSPS) is 14.5. The molecule has 0 aliphatic carbocycles. The Labute approximate surface area is 322 Å². The second-order valence-electron chi connectivity index (χ2n) is 17.8. The molecule has 4 aliphatic rings. The third kappa shape index (κ3) is 3.53. The molecule has 246 valence electrons. The third-order valence-electron chi connectivity index (χ3n) is 13.0. The Morgan fingerprint density at radius 1 is 0.385 bits per heavy atom. The van der Waals surface area contributed by atoms with Crippen molar-refractivity contribution in [2.75, 3.05) is 0 Å². The van der Waals surface area contributed by atoms with Gasteiger partial charge in [0, 0.05) is 8.95 Å². The quantitative estimate of drug-likeness (QED) is 0.106. The lowest BCUT2D eigenvalue weighted by Crippen LogP contribution is -2.53. The predicted molar refractivity (Wildman–Crippen MR) is 234 cm³/mol. The zero-order valence-electron chi connectivity index (χ0n) is 30.1. The van der Waals surface area contributed by atoms with Crippen LogP contribution in [0, 0.1) is 0 Å². The lowest BCUT2D eigenvalue weighted by molar-refractivity contribution is 0.595. The van der Waals surface area contributed by atoms with Crippen LogP contribution >= 0.6 is 31.9 Å². The first kappa shape index (κ1) is 30.4. The van der Waals surface area contributed by atoms with Crippen LogP contribution in [0.5, 0.6) is 0 Å². The van der Waals surface area contributed by atoms with Crippen LogP contribution in [0.1, 0.15) is 52.7 Å². The van der Waals surface area contributed by atoms with Gasteiger partial charge in [0.05, 0.1) is 0 Å². The van der Waals surface area contributed by atoms with E-state index in [-0.39, 0.29) is 24.3 Å². The molecule has 0 N–H and O–H groups in total. The van der Waals surface area contributed by atoms with Crippen molar-refractivity contribution in [2.45, 2.75) is 52.4 Å². The van der Waals surface area contributed by atoms with E-state index in [2.05, 4.69) is 170 Å². The lowest BCUT2D eigenvalue weighted by Gasteiger charge is -2.35. The highest BCUT2D eigenvalue weighted by Crippen LogP contribution is 2.51. The van der Waals surface area contributed by atoms with E-state index < -0.39 is 0 Å². The van der Waals surface area contributed by atoms with Crippen molar-refractivity contribution in [2.24, 2.45) is 0 Å². The average Bonchev–Trinajstić information content (AvgIpc) is 3.61. The van der Waals surface area contributed by atoms with Crippen LogP contribution in [0.2, 0.25) is 0 Å². The third-order valence-corrected chi connectivity index (χ3v) is 13.9. The summed E-state index contributed by atoms with van der Waals surface area (Å²) in [5.74, 6) is 0. The molecule has 0 fully saturated rings. The minimum atomic E-state index is -0.0629. The zero-order valence-corrected chi connectivity index (χ0v) is 33.3. The second-order valence-corrected chi connectivity index (χ2v) is 19.7. The van der Waals surface area contributed by atoms with Gasteiger partial charge >= 0.3 is 0 Å². The van der Waals surface area contributed by atoms with Crippen LogP contribution in [-0.2, 0) is 10.8 Å². The Bertz CT molecular complexity index is 2810. The van der Waals surface area contributed by atoms with Crippen LogP contribution in [0.15, 0.2) is 106 Å². The van der Waals surface area contributed by atoms with Crippen molar-refractivity contribution in [1.29, 1.82) is 0 Å². The maximum Gasteiger partial charge on any atom is 0.244 e. The Hall–Kier alpha value is -4.11. The van der Waals surface area contributed by atoms with Crippen molar-refractivity contribution < 1.29 is 0 Å². The Morgan fingerprint density at radius 2 is 0.750 bits per heavy atom. The number of rotatable bonds is 0. The fraction of sp³-hybridized carbons (Fsp3) is 0.167. The Balaban J connectivity index is 1.37. The fourth-order valence-electron chi connectivity index (χ4n) is 11.1. The summed E-state index contributed by atoms with van der Waals surface area (Å²) in [4.78, 5) is 0. The van der Waals surface area contributed by atoms with Gasteiger partial charge in [0.25, 0.3) is 0 Å². The lowest BCUT2D eigenvalue weighted by atomic mass is 9.34. The molecule has 0 amide bonds. The molecular weight excluding hydrogens is 758 g/mol. The second kappa shape index (κ2) is 9.51. The highest BCUT2D eigenvalue weighted by Gasteiger charge is 2.45. The SMILES string of the molecule is CC(C)(C)c1cc2c3c(cc4c(C(C)(C)C)cc5c6c(cc1c3c46)B1c3ccccc3-c3cc(Br)cc-5c31)B1c3ccccc3-c3cc(Br)cc-2c31. The van der Waals surface area contributed by atoms with E-state index in [1.807, 2.05) is 0 Å². The topological polar surface area (TPSA) is 0 Å². The van der Waals surface area contributed by atoms with Crippen LogP contribution < -0.4 is 32.8 Å². The standard InChI is InChI=1S/C48H34B2Br2/c1-47(2,3)35-19-27-31-17-23(51)15-29-25-11-8-10-14-38(25)50(45(29)31)40-22-34-36(48(4,5)6)20-28-32-18-24(52)16-30-26-12-7-9-13-37(26)49(46(30)32)39-21-33(35)43(41(27)40)44(34)42(28)39/h7-22H,1-6H3. The highest BCUT2D eigenvalue weighted by atomic mass is 79.9. The van der Waals surface area contributed by atoms with Gasteiger partial charge in [-0.15, -0.1) is 0 Å². The summed E-state index contributed by atoms with van der Waals surface area (Å²) in [5, 5.41) is 8.67. The van der Waals surface area contributed by atoms with Gasteiger partial charge in [0.1, 0.15) is 0 Å². The summed E-state index contributed by atoms with van der Waals surface area (Å²) in [7, 11) is 0. The molecule has 0 saturated heterocycles. The number of hydrogen-bond donors (Lipinski definition) is 0. The van der Waals surface area contributed by atoms with Crippen molar-refractivity contribution in [3.63, 3.8) is 0 Å². The molecule has 4 heterocycles. The molecule has 0 bridgehead atoms. The maximum absolute atomic E-state index is 3.98. The average molecular weight is 792 g/mol. The molecule has 4 heteroatoms. The van der Waals surface area contributed by atoms with Crippen LogP contribution in [-0.4, -0.2) is 13.4 Å². The van der Waals surface area contributed by atoms with Gasteiger partial charge in [-0.3, -0.25) is 0 Å². The minimum Gasteiger partial charge on any atom is -0.0664 e. The summed E-state index contributed by atoms with van der Waals surface area (Å²) in [6.07, 6.45) is 0. The number of fused-ring (bicyclic) bond motifs is 10. The molecule has 0 atom stereocenters. The van der Waals surface area contributed by atoms with Crippen molar-refractivity contribution in [3.05, 3.63) is 117 Å². The molecule has 12 rings (SSSR count). The zero-order chi connectivity index (χ0) is 35.3. The van der Waals surface area contributed by atoms with Crippen LogP contribution in [0.4, 0.5) is 0 Å². The van der Waals surface area contributed by atoms with Crippen molar-refractivity contribution >= 4 is 110 Å². The van der Waals surface area contributed by atoms with Gasteiger partial charge in [-0.05, 0) is 135 Å². The first-order chi connectivity index (χ1) is 24.9.